The van der Waals surface area contributed by atoms with E-state index in [4.69, 9.17) is 0 Å². The molecular weight excluding hydrogens is 278 g/mol. The summed E-state index contributed by atoms with van der Waals surface area (Å²) in [6.07, 6.45) is 6.24. The van der Waals surface area contributed by atoms with Crippen molar-refractivity contribution in [1.29, 1.82) is 0 Å². The van der Waals surface area contributed by atoms with Gasteiger partial charge in [-0.2, -0.15) is 0 Å². The van der Waals surface area contributed by atoms with E-state index in [2.05, 4.69) is 39.3 Å². The van der Waals surface area contributed by atoms with Crippen LogP contribution in [0.5, 0.6) is 0 Å². The molecule has 1 aromatic rings. The van der Waals surface area contributed by atoms with Crippen LogP contribution in [-0.4, -0.2) is 53.0 Å². The van der Waals surface area contributed by atoms with Crippen molar-refractivity contribution >= 4 is 11.9 Å². The van der Waals surface area contributed by atoms with Crippen molar-refractivity contribution in [2.75, 3.05) is 31.5 Å². The van der Waals surface area contributed by atoms with Crippen molar-refractivity contribution in [3.8, 4) is 0 Å². The molecule has 1 aliphatic rings. The van der Waals surface area contributed by atoms with Crippen LogP contribution in [0.4, 0.5) is 5.95 Å². The van der Waals surface area contributed by atoms with Crippen molar-refractivity contribution in [2.24, 2.45) is 5.92 Å². The number of aromatic nitrogens is 2. The number of hydrogen-bond donors (Lipinski definition) is 2. The third-order valence-corrected chi connectivity index (χ3v) is 4.07. The lowest BCUT2D eigenvalue weighted by atomic mass is 9.97. The predicted molar refractivity (Wildman–Crippen MR) is 87.6 cm³/mol. The Morgan fingerprint density at radius 3 is 2.91 bits per heavy atom. The first-order valence-electron chi connectivity index (χ1n) is 8.17. The standard InChI is InChI=1S/C16H27N5O/c1-13(2)21-10-3-5-14(12-21)11-20-15(22)6-9-19-16-17-7-4-8-18-16/h4,7-8,13-14H,3,5-6,9-12H2,1-2H3,(H,20,22)(H,17,18,19)/t14-/m1/s1. The van der Waals surface area contributed by atoms with Crippen LogP contribution in [0.2, 0.25) is 0 Å². The van der Waals surface area contributed by atoms with Gasteiger partial charge in [0.25, 0.3) is 0 Å². The van der Waals surface area contributed by atoms with E-state index in [0.29, 0.717) is 30.9 Å². The molecule has 1 saturated heterocycles. The summed E-state index contributed by atoms with van der Waals surface area (Å²) in [6.45, 7) is 8.08. The van der Waals surface area contributed by atoms with Gasteiger partial charge in [0.15, 0.2) is 0 Å². The Balaban J connectivity index is 1.61. The summed E-state index contributed by atoms with van der Waals surface area (Å²) in [6, 6.07) is 2.36. The molecule has 0 aromatic carbocycles. The highest BCUT2D eigenvalue weighted by Crippen LogP contribution is 2.17. The summed E-state index contributed by atoms with van der Waals surface area (Å²) in [5.41, 5.74) is 0. The van der Waals surface area contributed by atoms with Gasteiger partial charge in [-0.3, -0.25) is 4.79 Å². The summed E-state index contributed by atoms with van der Waals surface area (Å²) in [5, 5.41) is 6.10. The van der Waals surface area contributed by atoms with Gasteiger partial charge in [-0.25, -0.2) is 9.97 Å². The molecule has 0 radical (unpaired) electrons. The molecule has 2 N–H and O–H groups in total. The van der Waals surface area contributed by atoms with Crippen molar-refractivity contribution in [2.45, 2.75) is 39.2 Å². The summed E-state index contributed by atoms with van der Waals surface area (Å²) in [5.74, 6) is 1.23. The highest BCUT2D eigenvalue weighted by Gasteiger charge is 2.21. The fraction of sp³-hybridized carbons (Fsp3) is 0.688. The SMILES string of the molecule is CC(C)N1CCC[C@H](CNC(=O)CCNc2ncccn2)C1. The number of anilines is 1. The smallest absolute Gasteiger partial charge is 0.222 e. The van der Waals surface area contributed by atoms with Gasteiger partial charge in [0.2, 0.25) is 11.9 Å². The maximum atomic E-state index is 11.9. The molecule has 1 aromatic heterocycles. The minimum atomic E-state index is 0.0881. The highest BCUT2D eigenvalue weighted by molar-refractivity contribution is 5.76. The average Bonchev–Trinajstić information content (AvgIpc) is 2.54. The molecule has 1 aliphatic heterocycles. The highest BCUT2D eigenvalue weighted by atomic mass is 16.1. The quantitative estimate of drug-likeness (QED) is 0.799. The van der Waals surface area contributed by atoms with Gasteiger partial charge in [-0.15, -0.1) is 0 Å². The summed E-state index contributed by atoms with van der Waals surface area (Å²) < 4.78 is 0. The summed E-state index contributed by atoms with van der Waals surface area (Å²) >= 11 is 0. The van der Waals surface area contributed by atoms with Crippen molar-refractivity contribution in [3.63, 3.8) is 0 Å². The van der Waals surface area contributed by atoms with Crippen LogP contribution in [0.25, 0.3) is 0 Å². The maximum absolute atomic E-state index is 11.9. The lowest BCUT2D eigenvalue weighted by molar-refractivity contribution is -0.121. The molecule has 0 aliphatic carbocycles. The molecule has 0 unspecified atom stereocenters. The minimum Gasteiger partial charge on any atom is -0.356 e. The zero-order valence-electron chi connectivity index (χ0n) is 13.6. The number of carbonyl (C=O) groups is 1. The van der Waals surface area contributed by atoms with E-state index < -0.39 is 0 Å². The lowest BCUT2D eigenvalue weighted by Gasteiger charge is -2.35. The predicted octanol–water partition coefficient (Wildman–Crippen LogP) is 1.52. The van der Waals surface area contributed by atoms with Crippen LogP contribution in [-0.2, 0) is 4.79 Å². The van der Waals surface area contributed by atoms with E-state index in [1.165, 1.54) is 19.4 Å². The Hall–Kier alpha value is -1.69. The number of nitrogens with zero attached hydrogens (tertiary/aromatic N) is 3. The summed E-state index contributed by atoms with van der Waals surface area (Å²) in [4.78, 5) is 22.5. The van der Waals surface area contributed by atoms with Crippen LogP contribution in [0.3, 0.4) is 0 Å². The second kappa shape index (κ2) is 8.68. The zero-order chi connectivity index (χ0) is 15.8. The topological polar surface area (TPSA) is 70.2 Å². The van der Waals surface area contributed by atoms with Crippen LogP contribution >= 0.6 is 0 Å². The van der Waals surface area contributed by atoms with E-state index in [-0.39, 0.29) is 5.91 Å². The molecule has 2 rings (SSSR count). The number of rotatable bonds is 7. The number of hydrogen-bond acceptors (Lipinski definition) is 5. The second-order valence-corrected chi connectivity index (χ2v) is 6.15. The largest absolute Gasteiger partial charge is 0.356 e. The Morgan fingerprint density at radius 1 is 1.41 bits per heavy atom. The van der Waals surface area contributed by atoms with Crippen LogP contribution in [0, 0.1) is 5.92 Å². The van der Waals surface area contributed by atoms with Gasteiger partial charge in [-0.05, 0) is 45.2 Å². The first-order valence-corrected chi connectivity index (χ1v) is 8.17. The van der Waals surface area contributed by atoms with Gasteiger partial charge in [0, 0.05) is 44.5 Å². The number of piperidine rings is 1. The lowest BCUT2D eigenvalue weighted by Crippen LogP contribution is -2.43. The molecule has 6 heteroatoms. The number of carbonyl (C=O) groups excluding carboxylic acids is 1. The minimum absolute atomic E-state index is 0.0881. The van der Waals surface area contributed by atoms with Gasteiger partial charge < -0.3 is 15.5 Å². The average molecular weight is 305 g/mol. The molecule has 0 spiro atoms. The molecule has 0 saturated carbocycles. The fourth-order valence-corrected chi connectivity index (χ4v) is 2.76. The molecule has 6 nitrogen and oxygen atoms in total. The molecule has 1 atom stereocenters. The van der Waals surface area contributed by atoms with Crippen molar-refractivity contribution < 1.29 is 4.79 Å². The molecule has 22 heavy (non-hydrogen) atoms. The second-order valence-electron chi connectivity index (χ2n) is 6.15. The Kier molecular flexibility index (Phi) is 6.58. The van der Waals surface area contributed by atoms with E-state index in [9.17, 15) is 4.79 Å². The van der Waals surface area contributed by atoms with Crippen LogP contribution in [0.15, 0.2) is 18.5 Å². The van der Waals surface area contributed by atoms with Crippen molar-refractivity contribution in [1.82, 2.24) is 20.2 Å². The van der Waals surface area contributed by atoms with Gasteiger partial charge in [-0.1, -0.05) is 0 Å². The monoisotopic (exact) mass is 305 g/mol. The Bertz CT molecular complexity index is 451. The normalized spacial score (nSPS) is 19.1. The van der Waals surface area contributed by atoms with E-state index in [0.717, 1.165) is 13.1 Å². The zero-order valence-corrected chi connectivity index (χ0v) is 13.6. The number of nitrogens with one attached hydrogen (secondary N) is 2. The van der Waals surface area contributed by atoms with Gasteiger partial charge >= 0.3 is 0 Å². The van der Waals surface area contributed by atoms with Gasteiger partial charge in [0.05, 0.1) is 0 Å². The first-order chi connectivity index (χ1) is 10.6. The third kappa shape index (κ3) is 5.60. The molecule has 122 valence electrons. The van der Waals surface area contributed by atoms with E-state index >= 15 is 0 Å². The summed E-state index contributed by atoms with van der Waals surface area (Å²) in [7, 11) is 0. The maximum Gasteiger partial charge on any atom is 0.222 e. The fourth-order valence-electron chi connectivity index (χ4n) is 2.76. The third-order valence-electron chi connectivity index (χ3n) is 4.07. The molecule has 1 amide bonds. The van der Waals surface area contributed by atoms with Crippen LogP contribution < -0.4 is 10.6 Å². The number of likely N-dealkylation sites (tertiary alicyclic amines) is 1. The molecular formula is C16H27N5O. The molecule has 1 fully saturated rings. The van der Waals surface area contributed by atoms with E-state index in [1.807, 2.05) is 0 Å². The molecule has 0 bridgehead atoms. The van der Waals surface area contributed by atoms with Gasteiger partial charge in [0.1, 0.15) is 0 Å². The molecule has 2 heterocycles. The van der Waals surface area contributed by atoms with Crippen LogP contribution in [0.1, 0.15) is 33.1 Å². The van der Waals surface area contributed by atoms with Crippen molar-refractivity contribution in [3.05, 3.63) is 18.5 Å². The Labute approximate surface area is 132 Å². The van der Waals surface area contributed by atoms with E-state index in [1.54, 1.807) is 18.5 Å². The first kappa shape index (κ1) is 16.7. The number of amides is 1. The Morgan fingerprint density at radius 2 is 2.18 bits per heavy atom.